The number of aromatic nitrogens is 1. The number of halogens is 1. The number of H-pyrrole nitrogens is 1. The molecule has 0 atom stereocenters. The number of anilines is 1. The molecule has 2 aromatic carbocycles. The van der Waals surface area contributed by atoms with Gasteiger partial charge in [-0.05, 0) is 35.9 Å². The van der Waals surface area contributed by atoms with Gasteiger partial charge in [-0.25, -0.2) is 12.8 Å². The summed E-state index contributed by atoms with van der Waals surface area (Å²) in [5, 5.41) is 2.71. The Balaban J connectivity index is 1.40. The van der Waals surface area contributed by atoms with E-state index in [0.29, 0.717) is 30.2 Å². The number of carbonyl (C=O) groups is 1. The minimum atomic E-state index is -3.70. The number of carbonyl (C=O) groups excluding carboxylic acids is 1. The Hall–Kier alpha value is -3.21. The van der Waals surface area contributed by atoms with Gasteiger partial charge < -0.3 is 19.8 Å². The van der Waals surface area contributed by atoms with Crippen LogP contribution < -0.4 is 10.1 Å². The summed E-state index contributed by atoms with van der Waals surface area (Å²) < 4.78 is 50.9. The first-order chi connectivity index (χ1) is 15.4. The lowest BCUT2D eigenvalue weighted by Crippen LogP contribution is -2.40. The first-order valence-electron chi connectivity index (χ1n) is 9.97. The summed E-state index contributed by atoms with van der Waals surface area (Å²) in [6.45, 7) is 1.41. The Bertz CT molecular complexity index is 1210. The number of hydrogen-bond acceptors (Lipinski definition) is 5. The molecule has 1 saturated heterocycles. The van der Waals surface area contributed by atoms with Crippen LogP contribution in [0, 0.1) is 5.82 Å². The summed E-state index contributed by atoms with van der Waals surface area (Å²) in [4.78, 5) is 15.4. The number of nitrogens with one attached hydrogen (secondary N) is 2. The highest BCUT2D eigenvalue weighted by Gasteiger charge is 2.28. The van der Waals surface area contributed by atoms with Crippen molar-refractivity contribution >= 4 is 21.6 Å². The molecule has 1 amide bonds. The molecular weight excluding hydrogens is 437 g/mol. The van der Waals surface area contributed by atoms with E-state index in [1.165, 1.54) is 28.7 Å². The van der Waals surface area contributed by atoms with Crippen LogP contribution in [0.2, 0.25) is 0 Å². The lowest BCUT2D eigenvalue weighted by molar-refractivity contribution is 0.0730. The van der Waals surface area contributed by atoms with Crippen molar-refractivity contribution in [2.75, 3.05) is 31.6 Å². The highest BCUT2D eigenvalue weighted by Crippen LogP contribution is 2.21. The van der Waals surface area contributed by atoms with Crippen molar-refractivity contribution in [3.8, 4) is 5.75 Å². The summed E-state index contributed by atoms with van der Waals surface area (Å²) in [6, 6.07) is 14.2. The molecule has 4 rings (SSSR count). The average molecular weight is 459 g/mol. The SMILES string of the molecule is O=C(Nc1cccc(OCc2cccc(F)c2)c1)c1cc(S(=O)(=O)N2CCOCC2)c[nH]1. The van der Waals surface area contributed by atoms with Gasteiger partial charge in [0.2, 0.25) is 10.0 Å². The minimum absolute atomic E-state index is 0.0247. The van der Waals surface area contributed by atoms with Crippen molar-refractivity contribution in [1.29, 1.82) is 0 Å². The van der Waals surface area contributed by atoms with Crippen molar-refractivity contribution in [1.82, 2.24) is 9.29 Å². The van der Waals surface area contributed by atoms with Gasteiger partial charge in [-0.2, -0.15) is 4.31 Å². The molecular formula is C22H22FN3O5S. The lowest BCUT2D eigenvalue weighted by Gasteiger charge is -2.25. The predicted molar refractivity (Wildman–Crippen MR) is 115 cm³/mol. The summed E-state index contributed by atoms with van der Waals surface area (Å²) in [7, 11) is -3.70. The second kappa shape index (κ2) is 9.51. The number of hydrogen-bond donors (Lipinski definition) is 2. The number of nitrogens with zero attached hydrogens (tertiary/aromatic N) is 1. The molecule has 0 aliphatic carbocycles. The van der Waals surface area contributed by atoms with Crippen LogP contribution in [0.25, 0.3) is 0 Å². The van der Waals surface area contributed by atoms with Crippen LogP contribution >= 0.6 is 0 Å². The Morgan fingerprint density at radius 2 is 1.91 bits per heavy atom. The standard InChI is InChI=1S/C22H22FN3O5S/c23-17-4-1-3-16(11-17)15-31-19-6-2-5-18(12-19)25-22(27)21-13-20(14-24-21)32(28,29)26-7-9-30-10-8-26/h1-6,11-14,24H,7-10,15H2,(H,25,27). The molecule has 3 aromatic rings. The van der Waals surface area contributed by atoms with Crippen molar-refractivity contribution < 1.29 is 27.1 Å². The number of rotatable bonds is 7. The Labute approximate surface area is 185 Å². The van der Waals surface area contributed by atoms with E-state index in [-0.39, 0.29) is 36.1 Å². The smallest absolute Gasteiger partial charge is 0.272 e. The maximum absolute atomic E-state index is 13.3. The fourth-order valence-electron chi connectivity index (χ4n) is 3.25. The summed E-state index contributed by atoms with van der Waals surface area (Å²) in [5.41, 5.74) is 1.27. The van der Waals surface area contributed by atoms with Crippen LogP contribution in [0.4, 0.5) is 10.1 Å². The first kappa shape index (κ1) is 22.0. The fourth-order valence-corrected chi connectivity index (χ4v) is 4.65. The van der Waals surface area contributed by atoms with E-state index in [1.54, 1.807) is 36.4 Å². The van der Waals surface area contributed by atoms with Gasteiger partial charge in [0.05, 0.1) is 13.2 Å². The predicted octanol–water partition coefficient (Wildman–Crippen LogP) is 3.01. The molecule has 1 fully saturated rings. The molecule has 2 N–H and O–H groups in total. The lowest BCUT2D eigenvalue weighted by atomic mass is 10.2. The molecule has 10 heteroatoms. The van der Waals surface area contributed by atoms with Gasteiger partial charge in [-0.15, -0.1) is 0 Å². The van der Waals surface area contributed by atoms with Crippen LogP contribution in [-0.2, 0) is 21.4 Å². The molecule has 32 heavy (non-hydrogen) atoms. The fraction of sp³-hybridized carbons (Fsp3) is 0.227. The normalized spacial score (nSPS) is 14.8. The van der Waals surface area contributed by atoms with E-state index in [4.69, 9.17) is 9.47 Å². The molecule has 0 spiro atoms. The van der Waals surface area contributed by atoms with E-state index < -0.39 is 15.9 Å². The quantitative estimate of drug-likeness (QED) is 0.566. The Morgan fingerprint density at radius 1 is 1.12 bits per heavy atom. The maximum Gasteiger partial charge on any atom is 0.272 e. The van der Waals surface area contributed by atoms with Gasteiger partial charge in [0, 0.05) is 31.0 Å². The number of benzene rings is 2. The zero-order valence-electron chi connectivity index (χ0n) is 17.1. The van der Waals surface area contributed by atoms with E-state index in [1.807, 2.05) is 0 Å². The van der Waals surface area contributed by atoms with Crippen LogP contribution in [0.1, 0.15) is 16.1 Å². The number of ether oxygens (including phenoxy) is 2. The molecule has 2 heterocycles. The third-order valence-corrected chi connectivity index (χ3v) is 6.77. The first-order valence-corrected chi connectivity index (χ1v) is 11.4. The second-order valence-corrected chi connectivity index (χ2v) is 9.10. The molecule has 1 aliphatic rings. The number of aromatic amines is 1. The van der Waals surface area contributed by atoms with Gasteiger partial charge in [-0.3, -0.25) is 4.79 Å². The van der Waals surface area contributed by atoms with Gasteiger partial charge in [0.1, 0.15) is 28.8 Å². The molecule has 8 nitrogen and oxygen atoms in total. The second-order valence-electron chi connectivity index (χ2n) is 7.17. The van der Waals surface area contributed by atoms with Crippen LogP contribution in [0.15, 0.2) is 65.7 Å². The molecule has 0 unspecified atom stereocenters. The zero-order valence-corrected chi connectivity index (χ0v) is 17.9. The van der Waals surface area contributed by atoms with Crippen molar-refractivity contribution in [3.63, 3.8) is 0 Å². The summed E-state index contributed by atoms with van der Waals surface area (Å²) in [6.07, 6.45) is 1.30. The van der Waals surface area contributed by atoms with Crippen molar-refractivity contribution in [2.24, 2.45) is 0 Å². The van der Waals surface area contributed by atoms with E-state index in [9.17, 15) is 17.6 Å². The van der Waals surface area contributed by atoms with Gasteiger partial charge >= 0.3 is 0 Å². The topological polar surface area (TPSA) is 101 Å². The van der Waals surface area contributed by atoms with Crippen molar-refractivity contribution in [3.05, 3.63) is 77.9 Å². The van der Waals surface area contributed by atoms with Crippen molar-refractivity contribution in [2.45, 2.75) is 11.5 Å². The monoisotopic (exact) mass is 459 g/mol. The molecule has 0 radical (unpaired) electrons. The molecule has 0 saturated carbocycles. The Kier molecular flexibility index (Phi) is 6.54. The maximum atomic E-state index is 13.3. The molecule has 1 aliphatic heterocycles. The van der Waals surface area contributed by atoms with Crippen LogP contribution in [-0.4, -0.2) is 49.9 Å². The van der Waals surface area contributed by atoms with Gasteiger partial charge in [-0.1, -0.05) is 18.2 Å². The molecule has 1 aromatic heterocycles. The van der Waals surface area contributed by atoms with Gasteiger partial charge in [0.25, 0.3) is 5.91 Å². The Morgan fingerprint density at radius 3 is 2.69 bits per heavy atom. The number of morpholine rings is 1. The van der Waals surface area contributed by atoms with E-state index in [0.717, 1.165) is 0 Å². The summed E-state index contributed by atoms with van der Waals surface area (Å²) in [5.74, 6) is -0.335. The highest BCUT2D eigenvalue weighted by atomic mass is 32.2. The van der Waals surface area contributed by atoms with Crippen LogP contribution in [0.3, 0.4) is 0 Å². The highest BCUT2D eigenvalue weighted by molar-refractivity contribution is 7.89. The van der Waals surface area contributed by atoms with Gasteiger partial charge in [0.15, 0.2) is 0 Å². The third kappa shape index (κ3) is 5.16. The summed E-state index contributed by atoms with van der Waals surface area (Å²) >= 11 is 0. The number of amides is 1. The average Bonchev–Trinajstić information content (AvgIpc) is 3.30. The van der Waals surface area contributed by atoms with Crippen LogP contribution in [0.5, 0.6) is 5.75 Å². The van der Waals surface area contributed by atoms with E-state index >= 15 is 0 Å². The molecule has 168 valence electrons. The zero-order chi connectivity index (χ0) is 22.6. The minimum Gasteiger partial charge on any atom is -0.489 e. The third-order valence-electron chi connectivity index (χ3n) is 4.90. The largest absolute Gasteiger partial charge is 0.489 e. The van der Waals surface area contributed by atoms with E-state index in [2.05, 4.69) is 10.3 Å². The number of sulfonamides is 1. The molecule has 0 bridgehead atoms.